The predicted molar refractivity (Wildman–Crippen MR) is 100 cm³/mol. The zero-order chi connectivity index (χ0) is 19.2. The molecule has 7 nitrogen and oxygen atoms in total. The van der Waals surface area contributed by atoms with Crippen LogP contribution < -0.4 is 10.5 Å². The third-order valence-electron chi connectivity index (χ3n) is 3.47. The number of nitrogens with two attached hydrogens (primary N) is 1. The lowest BCUT2D eigenvalue weighted by molar-refractivity contribution is 0.0696. The van der Waals surface area contributed by atoms with Crippen molar-refractivity contribution in [2.45, 2.75) is 27.5 Å². The van der Waals surface area contributed by atoms with Crippen molar-refractivity contribution in [1.82, 2.24) is 0 Å². The van der Waals surface area contributed by atoms with Gasteiger partial charge >= 0.3 is 5.97 Å². The Morgan fingerprint density at radius 3 is 2.42 bits per heavy atom. The molecule has 9 heteroatoms. The molecule has 2 aromatic rings. The van der Waals surface area contributed by atoms with E-state index in [1.807, 2.05) is 30.3 Å². The summed E-state index contributed by atoms with van der Waals surface area (Å²) >= 11 is 1.19. The quantitative estimate of drug-likeness (QED) is 0.479. The highest BCUT2D eigenvalue weighted by atomic mass is 32.2. The van der Waals surface area contributed by atoms with Crippen LogP contribution in [0.5, 0.6) is 0 Å². The molecule has 0 atom stereocenters. The number of nitrogens with one attached hydrogen (secondary N) is 1. The molecule has 0 fully saturated rings. The minimum Gasteiger partial charge on any atom is -0.478 e. The van der Waals surface area contributed by atoms with Crippen LogP contribution in [-0.4, -0.2) is 37.8 Å². The summed E-state index contributed by atoms with van der Waals surface area (Å²) in [5.41, 5.74) is 0.205. The molecule has 0 aliphatic rings. The maximum absolute atomic E-state index is 12.1. The first kappa shape index (κ1) is 20.2. The van der Waals surface area contributed by atoms with Gasteiger partial charge in [-0.05, 0) is 37.1 Å². The van der Waals surface area contributed by atoms with E-state index in [1.54, 1.807) is 0 Å². The summed E-state index contributed by atoms with van der Waals surface area (Å²) in [7, 11) is -4.13. The Kier molecular flexibility index (Phi) is 7.04. The van der Waals surface area contributed by atoms with Crippen molar-refractivity contribution < 1.29 is 23.4 Å². The summed E-state index contributed by atoms with van der Waals surface area (Å²) in [6.45, 7) is 0.501. The van der Waals surface area contributed by atoms with Crippen molar-refractivity contribution in [3.8, 4) is 0 Å². The number of carboxylic acids is 1. The second kappa shape index (κ2) is 9.04. The summed E-state index contributed by atoms with van der Waals surface area (Å²) < 4.78 is 24.1. The fourth-order valence-corrected chi connectivity index (χ4v) is 4.30. The maximum atomic E-state index is 12.1. The van der Waals surface area contributed by atoms with E-state index in [9.17, 15) is 18.3 Å². The Balaban J connectivity index is 2.53. The highest BCUT2D eigenvalue weighted by molar-refractivity contribution is 8.00. The molecule has 0 heterocycles. The van der Waals surface area contributed by atoms with Gasteiger partial charge in [-0.2, -0.15) is 0 Å². The van der Waals surface area contributed by atoms with Crippen molar-refractivity contribution in [3.05, 3.63) is 48.0 Å². The number of primary sulfonamides is 1. The number of sulfonamides is 1. The number of aliphatic hydroxyl groups excluding tert-OH is 1. The molecule has 0 bridgehead atoms. The smallest absolute Gasteiger partial charge is 0.335 e. The van der Waals surface area contributed by atoms with Gasteiger partial charge in [0, 0.05) is 18.0 Å². The molecule has 0 aliphatic heterocycles. The van der Waals surface area contributed by atoms with Crippen LogP contribution in [0.3, 0.4) is 0 Å². The zero-order valence-corrected chi connectivity index (χ0v) is 15.5. The summed E-state index contributed by atoms with van der Waals surface area (Å²) in [6.07, 6.45) is 1.22. The molecular weight excluding hydrogens is 376 g/mol. The fraction of sp³-hybridized carbons (Fsp3) is 0.235. The first-order chi connectivity index (χ1) is 12.3. The van der Waals surface area contributed by atoms with E-state index in [1.165, 1.54) is 17.8 Å². The molecule has 0 amide bonds. The summed E-state index contributed by atoms with van der Waals surface area (Å²) in [6, 6.07) is 11.6. The number of rotatable bonds is 9. The molecule has 140 valence electrons. The molecule has 0 unspecified atom stereocenters. The van der Waals surface area contributed by atoms with Crippen LogP contribution in [0.15, 0.2) is 57.2 Å². The predicted octanol–water partition coefficient (Wildman–Crippen LogP) is 2.37. The number of aliphatic hydroxyl groups is 1. The molecule has 0 aliphatic carbocycles. The van der Waals surface area contributed by atoms with Gasteiger partial charge in [-0.3, -0.25) is 0 Å². The van der Waals surface area contributed by atoms with Crippen molar-refractivity contribution in [2.75, 3.05) is 18.5 Å². The van der Waals surface area contributed by atoms with Gasteiger partial charge in [0.25, 0.3) is 0 Å². The minimum atomic E-state index is -4.13. The molecule has 0 saturated heterocycles. The van der Waals surface area contributed by atoms with Crippen LogP contribution in [0.4, 0.5) is 5.69 Å². The number of aromatic carboxylic acids is 1. The van der Waals surface area contributed by atoms with Crippen molar-refractivity contribution in [2.24, 2.45) is 5.14 Å². The number of unbranched alkanes of at least 4 members (excludes halogenated alkanes) is 1. The Labute approximate surface area is 156 Å². The van der Waals surface area contributed by atoms with Gasteiger partial charge in [-0.1, -0.05) is 30.0 Å². The number of anilines is 1. The molecule has 5 N–H and O–H groups in total. The van der Waals surface area contributed by atoms with Crippen LogP contribution in [0.25, 0.3) is 0 Å². The Morgan fingerprint density at radius 1 is 1.15 bits per heavy atom. The first-order valence-electron chi connectivity index (χ1n) is 7.84. The molecule has 26 heavy (non-hydrogen) atoms. The van der Waals surface area contributed by atoms with Crippen molar-refractivity contribution >= 4 is 33.4 Å². The molecule has 0 spiro atoms. The average molecular weight is 396 g/mol. The third-order valence-corrected chi connectivity index (χ3v) is 5.69. The fourth-order valence-electron chi connectivity index (χ4n) is 2.24. The Morgan fingerprint density at radius 2 is 1.85 bits per heavy atom. The van der Waals surface area contributed by atoms with Gasteiger partial charge in [0.1, 0.15) is 0 Å². The van der Waals surface area contributed by atoms with Gasteiger partial charge in [-0.25, -0.2) is 18.4 Å². The minimum absolute atomic E-state index is 0.0465. The van der Waals surface area contributed by atoms with Gasteiger partial charge in [0.2, 0.25) is 10.0 Å². The average Bonchev–Trinajstić information content (AvgIpc) is 2.59. The standard InChI is InChI=1S/C17H20N2O5S2/c18-26(23,24)15-11-12(17(21)22)10-14(19-8-4-5-9-20)16(15)25-13-6-2-1-3-7-13/h1-3,6-7,10-11,19-20H,4-5,8-9H2,(H,21,22)(H2,18,23,24). The van der Waals surface area contributed by atoms with E-state index in [0.717, 1.165) is 11.0 Å². The number of hydrogen-bond acceptors (Lipinski definition) is 6. The van der Waals surface area contributed by atoms with Crippen LogP contribution in [0.2, 0.25) is 0 Å². The van der Waals surface area contributed by atoms with E-state index in [-0.39, 0.29) is 17.1 Å². The first-order valence-corrected chi connectivity index (χ1v) is 10.2. The lowest BCUT2D eigenvalue weighted by Gasteiger charge is -2.16. The van der Waals surface area contributed by atoms with Crippen LogP contribution in [0.1, 0.15) is 23.2 Å². The largest absolute Gasteiger partial charge is 0.478 e. The normalized spacial score (nSPS) is 11.3. The number of carbonyl (C=O) groups is 1. The van der Waals surface area contributed by atoms with Crippen LogP contribution in [0, 0.1) is 0 Å². The lowest BCUT2D eigenvalue weighted by Crippen LogP contribution is -2.16. The molecular formula is C17H20N2O5S2. The van der Waals surface area contributed by atoms with Crippen molar-refractivity contribution in [3.63, 3.8) is 0 Å². The molecule has 2 aromatic carbocycles. The monoisotopic (exact) mass is 396 g/mol. The third kappa shape index (κ3) is 5.46. The van der Waals surface area contributed by atoms with Gasteiger partial charge in [0.05, 0.1) is 21.0 Å². The number of hydrogen-bond donors (Lipinski definition) is 4. The molecule has 0 saturated carbocycles. The lowest BCUT2D eigenvalue weighted by atomic mass is 10.2. The van der Waals surface area contributed by atoms with E-state index in [2.05, 4.69) is 5.32 Å². The van der Waals surface area contributed by atoms with Crippen LogP contribution in [-0.2, 0) is 10.0 Å². The van der Waals surface area contributed by atoms with Gasteiger partial charge in [0.15, 0.2) is 0 Å². The van der Waals surface area contributed by atoms with E-state index < -0.39 is 16.0 Å². The second-order valence-electron chi connectivity index (χ2n) is 5.47. The summed E-state index contributed by atoms with van der Waals surface area (Å²) in [5.74, 6) is -1.25. The maximum Gasteiger partial charge on any atom is 0.335 e. The Hall–Kier alpha value is -2.07. The van der Waals surface area contributed by atoms with E-state index >= 15 is 0 Å². The number of carboxylic acid groups (broad SMARTS) is 1. The highest BCUT2D eigenvalue weighted by Crippen LogP contribution is 2.39. The SMILES string of the molecule is NS(=O)(=O)c1cc(C(=O)O)cc(NCCCCO)c1Sc1ccccc1. The molecule has 2 rings (SSSR count). The molecule has 0 radical (unpaired) electrons. The van der Waals surface area contributed by atoms with Crippen LogP contribution >= 0.6 is 11.8 Å². The Bertz CT molecular complexity index is 870. The summed E-state index contributed by atoms with van der Waals surface area (Å²) in [4.78, 5) is 12.3. The number of benzene rings is 2. The van der Waals surface area contributed by atoms with E-state index in [4.69, 9.17) is 10.2 Å². The zero-order valence-electron chi connectivity index (χ0n) is 13.9. The second-order valence-corrected chi connectivity index (χ2v) is 8.09. The summed E-state index contributed by atoms with van der Waals surface area (Å²) in [5, 5.41) is 26.6. The highest BCUT2D eigenvalue weighted by Gasteiger charge is 2.22. The topological polar surface area (TPSA) is 130 Å². The molecule has 0 aromatic heterocycles. The van der Waals surface area contributed by atoms with Crippen molar-refractivity contribution in [1.29, 1.82) is 0 Å². The van der Waals surface area contributed by atoms with Gasteiger partial charge in [-0.15, -0.1) is 0 Å². The van der Waals surface area contributed by atoms with Gasteiger partial charge < -0.3 is 15.5 Å². The van der Waals surface area contributed by atoms with E-state index in [0.29, 0.717) is 30.0 Å².